The molecule has 88 valence electrons. The van der Waals surface area contributed by atoms with Gasteiger partial charge in [0.15, 0.2) is 5.82 Å². The number of aromatic amines is 1. The molecule has 1 aliphatic carbocycles. The van der Waals surface area contributed by atoms with Crippen LogP contribution < -0.4 is 5.73 Å². The van der Waals surface area contributed by atoms with E-state index in [4.69, 9.17) is 17.3 Å². The maximum atomic E-state index is 13.4. The second-order valence-corrected chi connectivity index (χ2v) is 4.56. The maximum absolute atomic E-state index is 13.4. The highest BCUT2D eigenvalue weighted by molar-refractivity contribution is 6.33. The van der Waals surface area contributed by atoms with Gasteiger partial charge in [-0.2, -0.15) is 5.10 Å². The second kappa shape index (κ2) is 3.70. The second-order valence-electron chi connectivity index (χ2n) is 4.18. The van der Waals surface area contributed by atoms with E-state index in [9.17, 15) is 4.39 Å². The minimum Gasteiger partial charge on any atom is -0.397 e. The predicted molar refractivity (Wildman–Crippen MR) is 63.2 cm³/mol. The number of anilines is 1. The summed E-state index contributed by atoms with van der Waals surface area (Å²) < 4.78 is 13.4. The van der Waals surface area contributed by atoms with Crippen molar-refractivity contribution in [1.29, 1.82) is 0 Å². The highest BCUT2D eigenvalue weighted by Gasteiger charge is 2.27. The van der Waals surface area contributed by atoms with Crippen LogP contribution in [0.25, 0.3) is 11.4 Å². The molecule has 0 radical (unpaired) electrons. The topological polar surface area (TPSA) is 67.6 Å². The fraction of sp³-hybridized carbons (Fsp3) is 0.273. The Balaban J connectivity index is 2.01. The van der Waals surface area contributed by atoms with Crippen molar-refractivity contribution in [1.82, 2.24) is 15.2 Å². The Bertz CT molecular complexity index is 554. The minimum absolute atomic E-state index is 0.0632. The summed E-state index contributed by atoms with van der Waals surface area (Å²) in [6.07, 6.45) is 2.26. The van der Waals surface area contributed by atoms with Crippen molar-refractivity contribution in [2.45, 2.75) is 18.8 Å². The molecule has 6 heteroatoms. The molecule has 3 rings (SSSR count). The van der Waals surface area contributed by atoms with Crippen LogP contribution in [0.3, 0.4) is 0 Å². The van der Waals surface area contributed by atoms with Crippen LogP contribution >= 0.6 is 11.6 Å². The molecule has 1 fully saturated rings. The van der Waals surface area contributed by atoms with E-state index in [1.807, 2.05) is 0 Å². The standard InChI is InChI=1S/C11H10ClFN4/c12-9-7(13)3-6(4-8(9)14)11-15-10(16-17-11)5-1-2-5/h3-5H,1-2,14H2,(H,15,16,17). The Kier molecular flexibility index (Phi) is 2.29. The summed E-state index contributed by atoms with van der Waals surface area (Å²) in [5.74, 6) is 1.23. The average Bonchev–Trinajstić information content (AvgIpc) is 3.04. The van der Waals surface area contributed by atoms with Crippen LogP contribution in [0, 0.1) is 5.82 Å². The van der Waals surface area contributed by atoms with E-state index in [0.29, 0.717) is 17.3 Å². The van der Waals surface area contributed by atoms with Crippen molar-refractivity contribution in [2.75, 3.05) is 5.73 Å². The number of nitrogen functional groups attached to an aromatic ring is 1. The lowest BCUT2D eigenvalue weighted by atomic mass is 10.2. The Labute approximate surface area is 102 Å². The van der Waals surface area contributed by atoms with E-state index in [1.54, 1.807) is 6.07 Å². The zero-order valence-corrected chi connectivity index (χ0v) is 9.63. The van der Waals surface area contributed by atoms with Crippen LogP contribution in [0.5, 0.6) is 0 Å². The highest BCUT2D eigenvalue weighted by Crippen LogP contribution is 2.38. The molecule has 1 aromatic carbocycles. The third-order valence-corrected chi connectivity index (χ3v) is 3.18. The summed E-state index contributed by atoms with van der Waals surface area (Å²) in [5, 5.41) is 6.86. The molecule has 0 bridgehead atoms. The number of hydrogen-bond donors (Lipinski definition) is 2. The Hall–Kier alpha value is -1.62. The van der Waals surface area contributed by atoms with Gasteiger partial charge >= 0.3 is 0 Å². The molecule has 0 aliphatic heterocycles. The van der Waals surface area contributed by atoms with Gasteiger partial charge in [0, 0.05) is 11.5 Å². The van der Waals surface area contributed by atoms with E-state index < -0.39 is 5.82 Å². The molecule has 1 saturated carbocycles. The SMILES string of the molecule is Nc1cc(-c2n[nH]c(C3CC3)n2)cc(F)c1Cl. The smallest absolute Gasteiger partial charge is 0.181 e. The molecular weight excluding hydrogens is 243 g/mol. The molecule has 0 spiro atoms. The summed E-state index contributed by atoms with van der Waals surface area (Å²) in [7, 11) is 0. The van der Waals surface area contributed by atoms with Gasteiger partial charge in [-0.15, -0.1) is 0 Å². The van der Waals surface area contributed by atoms with Crippen LogP contribution in [0.4, 0.5) is 10.1 Å². The van der Waals surface area contributed by atoms with Crippen molar-refractivity contribution >= 4 is 17.3 Å². The average molecular weight is 253 g/mol. The molecular formula is C11H10ClFN4. The van der Waals surface area contributed by atoms with Gasteiger partial charge in [0.1, 0.15) is 11.6 Å². The Morgan fingerprint density at radius 1 is 1.41 bits per heavy atom. The number of hydrogen-bond acceptors (Lipinski definition) is 3. The van der Waals surface area contributed by atoms with Gasteiger partial charge in [-0.3, -0.25) is 5.10 Å². The molecule has 0 unspecified atom stereocenters. The fourth-order valence-corrected chi connectivity index (χ4v) is 1.79. The maximum Gasteiger partial charge on any atom is 0.181 e. The molecule has 0 saturated heterocycles. The highest BCUT2D eigenvalue weighted by atomic mass is 35.5. The minimum atomic E-state index is -0.556. The monoisotopic (exact) mass is 252 g/mol. The molecule has 0 atom stereocenters. The molecule has 0 amide bonds. The first-order valence-electron chi connectivity index (χ1n) is 5.32. The van der Waals surface area contributed by atoms with Gasteiger partial charge in [0.2, 0.25) is 0 Å². The van der Waals surface area contributed by atoms with Crippen molar-refractivity contribution in [2.24, 2.45) is 0 Å². The first-order valence-corrected chi connectivity index (χ1v) is 5.70. The van der Waals surface area contributed by atoms with Gasteiger partial charge in [-0.1, -0.05) is 11.6 Å². The predicted octanol–water partition coefficient (Wildman–Crippen LogP) is 2.72. The van der Waals surface area contributed by atoms with E-state index >= 15 is 0 Å². The quantitative estimate of drug-likeness (QED) is 0.808. The largest absolute Gasteiger partial charge is 0.397 e. The lowest BCUT2D eigenvalue weighted by Crippen LogP contribution is -1.92. The molecule has 17 heavy (non-hydrogen) atoms. The van der Waals surface area contributed by atoms with Crippen molar-refractivity contribution in [3.8, 4) is 11.4 Å². The van der Waals surface area contributed by atoms with Crippen LogP contribution in [-0.2, 0) is 0 Å². The summed E-state index contributed by atoms with van der Waals surface area (Å²) in [5.41, 5.74) is 6.33. The summed E-state index contributed by atoms with van der Waals surface area (Å²) in [6.45, 7) is 0. The first-order chi connectivity index (χ1) is 8.15. The first kappa shape index (κ1) is 10.5. The lowest BCUT2D eigenvalue weighted by Gasteiger charge is -2.01. The number of halogens is 2. The number of rotatable bonds is 2. The molecule has 4 nitrogen and oxygen atoms in total. The zero-order chi connectivity index (χ0) is 12.0. The number of nitrogens with two attached hydrogens (primary N) is 1. The van der Waals surface area contributed by atoms with Crippen molar-refractivity contribution in [3.05, 3.63) is 28.8 Å². The van der Waals surface area contributed by atoms with Gasteiger partial charge in [0.25, 0.3) is 0 Å². The molecule has 1 heterocycles. The van der Waals surface area contributed by atoms with E-state index in [1.165, 1.54) is 6.07 Å². The Morgan fingerprint density at radius 2 is 2.18 bits per heavy atom. The van der Waals surface area contributed by atoms with E-state index in [-0.39, 0.29) is 10.7 Å². The van der Waals surface area contributed by atoms with Crippen LogP contribution in [0.1, 0.15) is 24.6 Å². The summed E-state index contributed by atoms with van der Waals surface area (Å²) in [4.78, 5) is 4.32. The molecule has 3 N–H and O–H groups in total. The van der Waals surface area contributed by atoms with Crippen LogP contribution in [0.2, 0.25) is 5.02 Å². The third kappa shape index (κ3) is 1.86. The van der Waals surface area contributed by atoms with E-state index in [0.717, 1.165) is 18.7 Å². The van der Waals surface area contributed by atoms with Gasteiger partial charge < -0.3 is 5.73 Å². The number of nitrogens with zero attached hydrogens (tertiary/aromatic N) is 2. The van der Waals surface area contributed by atoms with Gasteiger partial charge in [0.05, 0.1) is 10.7 Å². The fourth-order valence-electron chi connectivity index (χ4n) is 1.68. The van der Waals surface area contributed by atoms with Crippen molar-refractivity contribution < 1.29 is 4.39 Å². The van der Waals surface area contributed by atoms with Crippen molar-refractivity contribution in [3.63, 3.8) is 0 Å². The summed E-state index contributed by atoms with van der Waals surface area (Å²) in [6, 6.07) is 2.86. The summed E-state index contributed by atoms with van der Waals surface area (Å²) >= 11 is 5.65. The van der Waals surface area contributed by atoms with Crippen LogP contribution in [-0.4, -0.2) is 15.2 Å². The number of aromatic nitrogens is 3. The zero-order valence-electron chi connectivity index (χ0n) is 8.87. The molecule has 1 aliphatic rings. The Morgan fingerprint density at radius 3 is 2.82 bits per heavy atom. The molecule has 2 aromatic rings. The van der Waals surface area contributed by atoms with Crippen LogP contribution in [0.15, 0.2) is 12.1 Å². The third-order valence-electron chi connectivity index (χ3n) is 2.78. The lowest BCUT2D eigenvalue weighted by molar-refractivity contribution is 0.629. The number of H-pyrrole nitrogens is 1. The van der Waals surface area contributed by atoms with E-state index in [2.05, 4.69) is 15.2 Å². The van der Waals surface area contributed by atoms with Gasteiger partial charge in [-0.05, 0) is 25.0 Å². The number of benzene rings is 1. The number of nitrogens with one attached hydrogen (secondary N) is 1. The normalized spacial score (nSPS) is 15.2. The van der Waals surface area contributed by atoms with Gasteiger partial charge in [-0.25, -0.2) is 9.37 Å². The molecule has 1 aromatic heterocycles.